The lowest BCUT2D eigenvalue weighted by atomic mass is 9.94. The second kappa shape index (κ2) is 7.25. The molecular weight excluding hydrogens is 240 g/mol. The van der Waals surface area contributed by atoms with Gasteiger partial charge in [-0.05, 0) is 38.6 Å². The molecule has 110 valence electrons. The lowest BCUT2D eigenvalue weighted by Gasteiger charge is -2.34. The summed E-state index contributed by atoms with van der Waals surface area (Å²) in [7, 11) is 0. The first kappa shape index (κ1) is 14.8. The van der Waals surface area contributed by atoms with Crippen molar-refractivity contribution in [2.45, 2.75) is 76.4 Å². The van der Waals surface area contributed by atoms with Crippen LogP contribution in [-0.2, 0) is 4.79 Å². The van der Waals surface area contributed by atoms with Gasteiger partial charge in [0.1, 0.15) is 6.04 Å². The van der Waals surface area contributed by atoms with Crippen molar-refractivity contribution < 1.29 is 9.90 Å². The van der Waals surface area contributed by atoms with Crippen LogP contribution in [0.3, 0.4) is 0 Å². The van der Waals surface area contributed by atoms with Crippen LogP contribution in [0.4, 0.5) is 0 Å². The number of nitrogens with zero attached hydrogens (tertiary/aromatic N) is 1. The zero-order valence-electron chi connectivity index (χ0n) is 12.1. The van der Waals surface area contributed by atoms with Crippen molar-refractivity contribution in [3.8, 4) is 0 Å². The first-order valence-corrected chi connectivity index (χ1v) is 7.93. The molecule has 0 aromatic rings. The fourth-order valence-corrected chi connectivity index (χ4v) is 3.15. The third-order valence-corrected chi connectivity index (χ3v) is 4.51. The molecule has 1 atom stereocenters. The molecule has 0 bridgehead atoms. The molecule has 2 N–H and O–H groups in total. The summed E-state index contributed by atoms with van der Waals surface area (Å²) in [6.45, 7) is 4.15. The van der Waals surface area contributed by atoms with E-state index in [1.807, 2.05) is 0 Å². The smallest absolute Gasteiger partial charge is 0.320 e. The van der Waals surface area contributed by atoms with Crippen LogP contribution in [0.1, 0.15) is 58.3 Å². The Kier molecular flexibility index (Phi) is 5.64. The van der Waals surface area contributed by atoms with Crippen molar-refractivity contribution >= 4 is 5.97 Å². The summed E-state index contributed by atoms with van der Waals surface area (Å²) < 4.78 is 0. The van der Waals surface area contributed by atoms with Crippen LogP contribution >= 0.6 is 0 Å². The van der Waals surface area contributed by atoms with Gasteiger partial charge in [0.05, 0.1) is 0 Å². The highest BCUT2D eigenvalue weighted by molar-refractivity contribution is 5.73. The van der Waals surface area contributed by atoms with Crippen molar-refractivity contribution in [1.82, 2.24) is 10.2 Å². The number of carbonyl (C=O) groups is 1. The number of hydrogen-bond acceptors (Lipinski definition) is 3. The minimum absolute atomic E-state index is 0.356. The van der Waals surface area contributed by atoms with Gasteiger partial charge in [-0.25, -0.2) is 0 Å². The normalized spacial score (nSPS) is 22.6. The van der Waals surface area contributed by atoms with E-state index in [4.69, 9.17) is 0 Å². The first-order valence-electron chi connectivity index (χ1n) is 7.93. The molecule has 4 heteroatoms. The average molecular weight is 268 g/mol. The molecule has 0 amide bonds. The average Bonchev–Trinajstić information content (AvgIpc) is 3.23. The number of hydrogen-bond donors (Lipinski definition) is 2. The minimum atomic E-state index is -0.688. The molecule has 0 radical (unpaired) electrons. The van der Waals surface area contributed by atoms with Gasteiger partial charge in [-0.15, -0.1) is 0 Å². The quantitative estimate of drug-likeness (QED) is 0.709. The molecule has 2 aliphatic rings. The number of carboxylic acids is 1. The van der Waals surface area contributed by atoms with Crippen LogP contribution in [0.15, 0.2) is 0 Å². The molecule has 4 nitrogen and oxygen atoms in total. The molecule has 0 aromatic carbocycles. The summed E-state index contributed by atoms with van der Waals surface area (Å²) >= 11 is 0. The molecule has 0 aliphatic heterocycles. The maximum atomic E-state index is 11.3. The Hall–Kier alpha value is -0.610. The van der Waals surface area contributed by atoms with Crippen LogP contribution in [0.25, 0.3) is 0 Å². The van der Waals surface area contributed by atoms with Crippen molar-refractivity contribution in [3.63, 3.8) is 0 Å². The Morgan fingerprint density at radius 1 is 1.26 bits per heavy atom. The van der Waals surface area contributed by atoms with Gasteiger partial charge in [-0.1, -0.05) is 26.2 Å². The second-order valence-corrected chi connectivity index (χ2v) is 6.04. The molecule has 0 spiro atoms. The molecule has 2 rings (SSSR count). The largest absolute Gasteiger partial charge is 0.480 e. The fourth-order valence-electron chi connectivity index (χ4n) is 3.15. The van der Waals surface area contributed by atoms with E-state index in [1.165, 1.54) is 32.1 Å². The number of carboxylic acid groups (broad SMARTS) is 1. The van der Waals surface area contributed by atoms with E-state index in [0.717, 1.165) is 32.4 Å². The monoisotopic (exact) mass is 268 g/mol. The van der Waals surface area contributed by atoms with Crippen LogP contribution in [0.2, 0.25) is 0 Å². The zero-order chi connectivity index (χ0) is 13.7. The molecule has 1 unspecified atom stereocenters. The van der Waals surface area contributed by atoms with E-state index in [-0.39, 0.29) is 6.04 Å². The van der Waals surface area contributed by atoms with Gasteiger partial charge in [0.2, 0.25) is 0 Å². The highest BCUT2D eigenvalue weighted by Gasteiger charge is 2.29. The molecule has 2 aliphatic carbocycles. The number of rotatable bonds is 8. The van der Waals surface area contributed by atoms with E-state index in [2.05, 4.69) is 17.1 Å². The highest BCUT2D eigenvalue weighted by atomic mass is 16.4. The fraction of sp³-hybridized carbons (Fsp3) is 0.933. The summed E-state index contributed by atoms with van der Waals surface area (Å²) in [5, 5.41) is 12.5. The molecule has 2 saturated carbocycles. The second-order valence-electron chi connectivity index (χ2n) is 6.04. The first-order chi connectivity index (χ1) is 9.20. The Bertz CT molecular complexity index is 286. The van der Waals surface area contributed by atoms with Crippen LogP contribution in [0, 0.1) is 0 Å². The van der Waals surface area contributed by atoms with Gasteiger partial charge in [0.15, 0.2) is 0 Å². The van der Waals surface area contributed by atoms with Crippen molar-refractivity contribution in [2.24, 2.45) is 0 Å². The van der Waals surface area contributed by atoms with E-state index in [1.54, 1.807) is 0 Å². The Balaban J connectivity index is 1.77. The Morgan fingerprint density at radius 3 is 2.47 bits per heavy atom. The lowest BCUT2D eigenvalue weighted by molar-refractivity contribution is -0.139. The maximum Gasteiger partial charge on any atom is 0.320 e. The van der Waals surface area contributed by atoms with E-state index in [9.17, 15) is 9.90 Å². The van der Waals surface area contributed by atoms with E-state index >= 15 is 0 Å². The molecule has 0 heterocycles. The summed E-state index contributed by atoms with van der Waals surface area (Å²) in [5.74, 6) is -0.688. The zero-order valence-corrected chi connectivity index (χ0v) is 12.1. The number of nitrogens with one attached hydrogen (secondary N) is 1. The Morgan fingerprint density at radius 2 is 1.95 bits per heavy atom. The molecule has 0 aromatic heterocycles. The third kappa shape index (κ3) is 4.77. The van der Waals surface area contributed by atoms with Gasteiger partial charge in [-0.2, -0.15) is 0 Å². The lowest BCUT2D eigenvalue weighted by Crippen LogP contribution is -2.43. The number of aliphatic carboxylic acids is 1. The minimum Gasteiger partial charge on any atom is -0.480 e. The van der Waals surface area contributed by atoms with Gasteiger partial charge in [0.25, 0.3) is 0 Å². The standard InChI is InChI=1S/C15H28N2O2/c1-2-17(13-6-4-3-5-7-13)11-10-14(15(18)19)16-12-8-9-12/h12-14,16H,2-11H2,1H3,(H,18,19). The summed E-state index contributed by atoms with van der Waals surface area (Å²) in [6.07, 6.45) is 9.65. The highest BCUT2D eigenvalue weighted by Crippen LogP contribution is 2.23. The van der Waals surface area contributed by atoms with Crippen LogP contribution < -0.4 is 5.32 Å². The van der Waals surface area contributed by atoms with Crippen LogP contribution in [0.5, 0.6) is 0 Å². The predicted molar refractivity (Wildman–Crippen MR) is 76.3 cm³/mol. The summed E-state index contributed by atoms with van der Waals surface area (Å²) in [6, 6.07) is 0.796. The molecule has 0 saturated heterocycles. The van der Waals surface area contributed by atoms with Crippen molar-refractivity contribution in [3.05, 3.63) is 0 Å². The topological polar surface area (TPSA) is 52.6 Å². The van der Waals surface area contributed by atoms with Gasteiger partial charge in [0, 0.05) is 18.6 Å². The van der Waals surface area contributed by atoms with Gasteiger partial charge in [-0.3, -0.25) is 4.79 Å². The van der Waals surface area contributed by atoms with E-state index in [0.29, 0.717) is 12.1 Å². The SMILES string of the molecule is CCN(CCC(NC1CC1)C(=O)O)C1CCCCC1. The molecule has 2 fully saturated rings. The van der Waals surface area contributed by atoms with Crippen molar-refractivity contribution in [2.75, 3.05) is 13.1 Å². The summed E-state index contributed by atoms with van der Waals surface area (Å²) in [5.41, 5.74) is 0. The van der Waals surface area contributed by atoms with Gasteiger partial charge >= 0.3 is 5.97 Å². The predicted octanol–water partition coefficient (Wildman–Crippen LogP) is 2.24. The summed E-state index contributed by atoms with van der Waals surface area (Å²) in [4.78, 5) is 13.7. The van der Waals surface area contributed by atoms with Gasteiger partial charge < -0.3 is 15.3 Å². The molecular formula is C15H28N2O2. The molecule has 19 heavy (non-hydrogen) atoms. The van der Waals surface area contributed by atoms with Crippen LogP contribution in [-0.4, -0.2) is 47.2 Å². The maximum absolute atomic E-state index is 11.3. The van der Waals surface area contributed by atoms with E-state index < -0.39 is 5.97 Å². The Labute approximate surface area is 116 Å². The third-order valence-electron chi connectivity index (χ3n) is 4.51. The van der Waals surface area contributed by atoms with Crippen molar-refractivity contribution in [1.29, 1.82) is 0 Å².